The quantitative estimate of drug-likeness (QED) is 0.697. The SMILES string of the molecule is CCNC(=NCCc1ccncc1C)N1CCc2ccccc21. The van der Waals surface area contributed by atoms with Crippen LogP contribution in [0.3, 0.4) is 0 Å². The van der Waals surface area contributed by atoms with E-state index in [0.29, 0.717) is 0 Å². The zero-order valence-electron chi connectivity index (χ0n) is 13.9. The number of hydrogen-bond donors (Lipinski definition) is 1. The summed E-state index contributed by atoms with van der Waals surface area (Å²) in [7, 11) is 0. The van der Waals surface area contributed by atoms with Crippen LogP contribution in [-0.2, 0) is 12.8 Å². The van der Waals surface area contributed by atoms with Crippen molar-refractivity contribution < 1.29 is 0 Å². The normalized spacial score (nSPS) is 14.0. The first-order valence-electron chi connectivity index (χ1n) is 8.33. The molecule has 1 aliphatic heterocycles. The Bertz CT molecular complexity index is 693. The molecule has 0 radical (unpaired) electrons. The number of guanidine groups is 1. The number of aryl methyl sites for hydroxylation is 1. The lowest BCUT2D eigenvalue weighted by Gasteiger charge is -2.22. The lowest BCUT2D eigenvalue weighted by molar-refractivity contribution is 0.868. The van der Waals surface area contributed by atoms with Gasteiger partial charge in [0.05, 0.1) is 0 Å². The van der Waals surface area contributed by atoms with Crippen molar-refractivity contribution in [3.05, 3.63) is 59.4 Å². The van der Waals surface area contributed by atoms with Crippen LogP contribution in [0.15, 0.2) is 47.7 Å². The number of anilines is 1. The highest BCUT2D eigenvalue weighted by Crippen LogP contribution is 2.27. The van der Waals surface area contributed by atoms with Gasteiger partial charge in [-0.1, -0.05) is 18.2 Å². The van der Waals surface area contributed by atoms with Crippen molar-refractivity contribution in [3.8, 4) is 0 Å². The third-order valence-electron chi connectivity index (χ3n) is 4.26. The third-order valence-corrected chi connectivity index (χ3v) is 4.26. The number of aliphatic imine (C=N–C) groups is 1. The number of rotatable bonds is 4. The zero-order valence-corrected chi connectivity index (χ0v) is 13.9. The fourth-order valence-corrected chi connectivity index (χ4v) is 3.02. The average molecular weight is 308 g/mol. The van der Waals surface area contributed by atoms with Crippen molar-refractivity contribution in [1.29, 1.82) is 0 Å². The standard InChI is InChI=1S/C19H24N4/c1-3-21-19(22-12-9-16-8-11-20-14-15(16)2)23-13-10-17-6-4-5-7-18(17)23/h4-8,11,14H,3,9-10,12-13H2,1-2H3,(H,21,22). The molecular formula is C19H24N4. The molecule has 23 heavy (non-hydrogen) atoms. The number of nitrogens with zero attached hydrogens (tertiary/aromatic N) is 3. The molecule has 1 N–H and O–H groups in total. The monoisotopic (exact) mass is 308 g/mol. The predicted molar refractivity (Wildman–Crippen MR) is 96.1 cm³/mol. The zero-order chi connectivity index (χ0) is 16.1. The molecule has 0 saturated heterocycles. The van der Waals surface area contributed by atoms with Gasteiger partial charge in [-0.25, -0.2) is 0 Å². The number of para-hydroxylation sites is 1. The Hall–Kier alpha value is -2.36. The summed E-state index contributed by atoms with van der Waals surface area (Å²) in [6, 6.07) is 10.7. The molecule has 2 aromatic rings. The lowest BCUT2D eigenvalue weighted by atomic mass is 10.1. The summed E-state index contributed by atoms with van der Waals surface area (Å²) in [6.07, 6.45) is 5.80. The van der Waals surface area contributed by atoms with Gasteiger partial charge in [-0.15, -0.1) is 0 Å². The molecule has 1 aliphatic rings. The molecule has 2 heterocycles. The van der Waals surface area contributed by atoms with E-state index >= 15 is 0 Å². The number of hydrogen-bond acceptors (Lipinski definition) is 2. The molecule has 120 valence electrons. The van der Waals surface area contributed by atoms with Crippen LogP contribution in [0.25, 0.3) is 0 Å². The molecule has 1 aromatic heterocycles. The van der Waals surface area contributed by atoms with Crippen molar-refractivity contribution in [1.82, 2.24) is 10.3 Å². The minimum absolute atomic E-state index is 0.784. The van der Waals surface area contributed by atoms with Crippen LogP contribution < -0.4 is 10.2 Å². The summed E-state index contributed by atoms with van der Waals surface area (Å²) in [4.78, 5) is 11.3. The first kappa shape index (κ1) is 15.5. The Kier molecular flexibility index (Phi) is 4.91. The number of aromatic nitrogens is 1. The van der Waals surface area contributed by atoms with Crippen LogP contribution in [0.4, 0.5) is 5.69 Å². The Morgan fingerprint density at radius 1 is 1.30 bits per heavy atom. The third kappa shape index (κ3) is 3.52. The summed E-state index contributed by atoms with van der Waals surface area (Å²) < 4.78 is 0. The minimum Gasteiger partial charge on any atom is -0.356 e. The molecule has 0 spiro atoms. The van der Waals surface area contributed by atoms with Crippen LogP contribution in [0.5, 0.6) is 0 Å². The first-order chi connectivity index (χ1) is 11.3. The van der Waals surface area contributed by atoms with Gasteiger partial charge in [0.15, 0.2) is 5.96 Å². The lowest BCUT2D eigenvalue weighted by Crippen LogP contribution is -2.40. The molecule has 0 saturated carbocycles. The molecule has 1 aromatic carbocycles. The highest BCUT2D eigenvalue weighted by atomic mass is 15.3. The summed E-state index contributed by atoms with van der Waals surface area (Å²) in [5.41, 5.74) is 5.25. The van der Waals surface area contributed by atoms with Gasteiger partial charge in [-0.3, -0.25) is 9.98 Å². The Balaban J connectivity index is 1.73. The molecule has 0 unspecified atom stereocenters. The smallest absolute Gasteiger partial charge is 0.198 e. The first-order valence-corrected chi connectivity index (χ1v) is 8.33. The molecule has 0 bridgehead atoms. The van der Waals surface area contributed by atoms with E-state index in [2.05, 4.69) is 59.4 Å². The Morgan fingerprint density at radius 3 is 3.00 bits per heavy atom. The number of fused-ring (bicyclic) bond motifs is 1. The number of nitrogens with one attached hydrogen (secondary N) is 1. The summed E-state index contributed by atoms with van der Waals surface area (Å²) in [6.45, 7) is 6.88. The number of pyridine rings is 1. The summed E-state index contributed by atoms with van der Waals surface area (Å²) in [5, 5.41) is 3.43. The van der Waals surface area contributed by atoms with E-state index in [1.54, 1.807) is 0 Å². The maximum absolute atomic E-state index is 4.84. The largest absolute Gasteiger partial charge is 0.356 e. The van der Waals surface area contributed by atoms with Crippen molar-refractivity contribution in [3.63, 3.8) is 0 Å². The molecule has 4 heteroatoms. The van der Waals surface area contributed by atoms with Gasteiger partial charge >= 0.3 is 0 Å². The van der Waals surface area contributed by atoms with E-state index in [4.69, 9.17) is 4.99 Å². The van der Waals surface area contributed by atoms with Gasteiger partial charge in [-0.05, 0) is 55.5 Å². The van der Waals surface area contributed by atoms with Gasteiger partial charge in [0.1, 0.15) is 0 Å². The second kappa shape index (κ2) is 7.27. The highest BCUT2D eigenvalue weighted by Gasteiger charge is 2.22. The van der Waals surface area contributed by atoms with Crippen molar-refractivity contribution in [2.24, 2.45) is 4.99 Å². The summed E-state index contributed by atoms with van der Waals surface area (Å²) >= 11 is 0. The minimum atomic E-state index is 0.784. The molecule has 4 nitrogen and oxygen atoms in total. The summed E-state index contributed by atoms with van der Waals surface area (Å²) in [5.74, 6) is 0.990. The van der Waals surface area contributed by atoms with E-state index in [1.807, 2.05) is 12.4 Å². The average Bonchev–Trinajstić information content (AvgIpc) is 3.00. The van der Waals surface area contributed by atoms with Gasteiger partial charge < -0.3 is 10.2 Å². The van der Waals surface area contributed by atoms with Crippen LogP contribution >= 0.6 is 0 Å². The predicted octanol–water partition coefficient (Wildman–Crippen LogP) is 2.96. The van der Waals surface area contributed by atoms with Crippen LogP contribution in [0.1, 0.15) is 23.6 Å². The van der Waals surface area contributed by atoms with Gasteiger partial charge in [0.2, 0.25) is 0 Å². The maximum Gasteiger partial charge on any atom is 0.198 e. The fraction of sp³-hybridized carbons (Fsp3) is 0.368. The molecule has 3 rings (SSSR count). The van der Waals surface area contributed by atoms with Crippen molar-refractivity contribution in [2.75, 3.05) is 24.5 Å². The van der Waals surface area contributed by atoms with Crippen molar-refractivity contribution >= 4 is 11.6 Å². The Morgan fingerprint density at radius 2 is 2.17 bits per heavy atom. The Labute approximate surface area is 138 Å². The second-order valence-corrected chi connectivity index (χ2v) is 5.82. The maximum atomic E-state index is 4.84. The molecule has 0 atom stereocenters. The van der Waals surface area contributed by atoms with Gasteiger partial charge in [0.25, 0.3) is 0 Å². The second-order valence-electron chi connectivity index (χ2n) is 5.82. The van der Waals surface area contributed by atoms with Crippen LogP contribution in [0, 0.1) is 6.92 Å². The fourth-order valence-electron chi connectivity index (χ4n) is 3.02. The number of benzene rings is 1. The topological polar surface area (TPSA) is 40.5 Å². The van der Waals surface area contributed by atoms with Crippen LogP contribution in [0.2, 0.25) is 0 Å². The van der Waals surface area contributed by atoms with Crippen molar-refractivity contribution in [2.45, 2.75) is 26.7 Å². The molecule has 0 fully saturated rings. The van der Waals surface area contributed by atoms with E-state index < -0.39 is 0 Å². The highest BCUT2D eigenvalue weighted by molar-refractivity contribution is 5.97. The van der Waals surface area contributed by atoms with E-state index in [1.165, 1.54) is 22.4 Å². The molecular weight excluding hydrogens is 284 g/mol. The van der Waals surface area contributed by atoms with Crippen LogP contribution in [-0.4, -0.2) is 30.6 Å². The van der Waals surface area contributed by atoms with Gasteiger partial charge in [-0.2, -0.15) is 0 Å². The molecule has 0 aliphatic carbocycles. The van der Waals surface area contributed by atoms with E-state index in [0.717, 1.165) is 38.4 Å². The van der Waals surface area contributed by atoms with Gasteiger partial charge in [0, 0.05) is 37.7 Å². The molecule has 0 amide bonds. The van der Waals surface area contributed by atoms with E-state index in [-0.39, 0.29) is 0 Å². The van der Waals surface area contributed by atoms with E-state index in [9.17, 15) is 0 Å².